The van der Waals surface area contributed by atoms with Gasteiger partial charge in [0.25, 0.3) is 5.91 Å². The van der Waals surface area contributed by atoms with Gasteiger partial charge >= 0.3 is 0 Å². The lowest BCUT2D eigenvalue weighted by Crippen LogP contribution is -2.32. The molecule has 0 radical (unpaired) electrons. The molecular weight excluding hydrogens is 358 g/mol. The summed E-state index contributed by atoms with van der Waals surface area (Å²) in [6.07, 6.45) is 6.61. The van der Waals surface area contributed by atoms with Crippen molar-refractivity contribution in [1.82, 2.24) is 24.6 Å². The quantitative estimate of drug-likeness (QED) is 0.678. The number of carbonyl (C=O) groups is 1. The molecule has 0 saturated carbocycles. The summed E-state index contributed by atoms with van der Waals surface area (Å²) in [5.41, 5.74) is 1.27. The van der Waals surface area contributed by atoms with Gasteiger partial charge in [-0.15, -0.1) is 0 Å². The Bertz CT molecular complexity index is 987. The molecule has 28 heavy (non-hydrogen) atoms. The van der Waals surface area contributed by atoms with E-state index in [0.29, 0.717) is 35.3 Å². The largest absolute Gasteiger partial charge is 0.493 e. The van der Waals surface area contributed by atoms with Crippen molar-refractivity contribution in [1.29, 1.82) is 0 Å². The van der Waals surface area contributed by atoms with Crippen LogP contribution in [0.1, 0.15) is 35.1 Å². The van der Waals surface area contributed by atoms with Crippen molar-refractivity contribution in [2.75, 3.05) is 13.7 Å². The van der Waals surface area contributed by atoms with Gasteiger partial charge in [0.2, 0.25) is 5.88 Å². The Morgan fingerprint density at radius 1 is 1.18 bits per heavy atom. The molecule has 0 N–H and O–H groups in total. The molecule has 1 aliphatic heterocycles. The summed E-state index contributed by atoms with van der Waals surface area (Å²) in [5.74, 6) is 1.48. The third kappa shape index (κ3) is 3.40. The fourth-order valence-corrected chi connectivity index (χ4v) is 3.44. The third-order valence-corrected chi connectivity index (χ3v) is 4.81. The zero-order valence-corrected chi connectivity index (χ0v) is 15.8. The Balaban J connectivity index is 1.58. The lowest BCUT2D eigenvalue weighted by atomic mass is 10.1. The Morgan fingerprint density at radius 2 is 2.00 bits per heavy atom. The van der Waals surface area contributed by atoms with Crippen LogP contribution in [0, 0.1) is 0 Å². The van der Waals surface area contributed by atoms with Crippen LogP contribution >= 0.6 is 0 Å². The summed E-state index contributed by atoms with van der Waals surface area (Å²) in [6, 6.07) is 8.94. The highest BCUT2D eigenvalue weighted by atomic mass is 16.5. The van der Waals surface area contributed by atoms with Crippen LogP contribution in [0.4, 0.5) is 0 Å². The van der Waals surface area contributed by atoms with Gasteiger partial charge in [0.15, 0.2) is 11.5 Å². The number of methoxy groups -OCH3 is 1. The summed E-state index contributed by atoms with van der Waals surface area (Å²) < 4.78 is 12.8. The minimum atomic E-state index is -0.142. The second-order valence-corrected chi connectivity index (χ2v) is 6.53. The minimum Gasteiger partial charge on any atom is -0.493 e. The van der Waals surface area contributed by atoms with E-state index in [2.05, 4.69) is 15.1 Å². The Kier molecular flexibility index (Phi) is 4.92. The molecule has 1 aromatic carbocycles. The standard InChI is InChI=1S/C20H21N5O3/c1-24-16(9-10-22-24)20(26)25-11-5-6-15(25)14-12-21-13-19(23-14)28-18-8-4-3-7-17(18)27-2/h3-4,7-10,12-13,15H,5-6,11H2,1-2H3/t15-/m1/s1. The smallest absolute Gasteiger partial charge is 0.272 e. The SMILES string of the molecule is COc1ccccc1Oc1cncc([C@H]2CCCN2C(=O)c2ccnn2C)n1. The summed E-state index contributed by atoms with van der Waals surface area (Å²) in [7, 11) is 3.35. The first-order chi connectivity index (χ1) is 13.7. The third-order valence-electron chi connectivity index (χ3n) is 4.81. The molecule has 0 unspecified atom stereocenters. The van der Waals surface area contributed by atoms with Gasteiger partial charge in [0.1, 0.15) is 5.69 Å². The molecule has 8 heteroatoms. The second kappa shape index (κ2) is 7.67. The first kappa shape index (κ1) is 18.0. The van der Waals surface area contributed by atoms with Crippen molar-refractivity contribution in [3.63, 3.8) is 0 Å². The van der Waals surface area contributed by atoms with Gasteiger partial charge in [-0.3, -0.25) is 14.5 Å². The highest BCUT2D eigenvalue weighted by molar-refractivity contribution is 5.93. The first-order valence-corrected chi connectivity index (χ1v) is 9.09. The van der Waals surface area contributed by atoms with E-state index in [1.54, 1.807) is 49.6 Å². The molecule has 1 amide bonds. The Labute approximate surface area is 162 Å². The molecule has 1 fully saturated rings. The van der Waals surface area contributed by atoms with Crippen LogP contribution in [0.25, 0.3) is 0 Å². The van der Waals surface area contributed by atoms with Gasteiger partial charge in [-0.1, -0.05) is 12.1 Å². The number of hydrogen-bond acceptors (Lipinski definition) is 6. The van der Waals surface area contributed by atoms with Crippen molar-refractivity contribution >= 4 is 5.91 Å². The first-order valence-electron chi connectivity index (χ1n) is 9.09. The lowest BCUT2D eigenvalue weighted by molar-refractivity contribution is 0.0721. The van der Waals surface area contributed by atoms with Crippen LogP contribution in [0.3, 0.4) is 0 Å². The maximum atomic E-state index is 12.9. The summed E-state index contributed by atoms with van der Waals surface area (Å²) >= 11 is 0. The van der Waals surface area contributed by atoms with Gasteiger partial charge in [-0.2, -0.15) is 5.10 Å². The van der Waals surface area contributed by atoms with Gasteiger partial charge in [-0.05, 0) is 31.0 Å². The van der Waals surface area contributed by atoms with Gasteiger partial charge in [0, 0.05) is 19.8 Å². The number of rotatable bonds is 5. The summed E-state index contributed by atoms with van der Waals surface area (Å²) in [6.45, 7) is 0.675. The number of carbonyl (C=O) groups excluding carboxylic acids is 1. The number of amides is 1. The van der Waals surface area contributed by atoms with Crippen LogP contribution in [0.5, 0.6) is 17.4 Å². The van der Waals surface area contributed by atoms with Crippen LogP contribution in [-0.2, 0) is 7.05 Å². The van der Waals surface area contributed by atoms with Gasteiger partial charge in [0.05, 0.1) is 31.2 Å². The van der Waals surface area contributed by atoms with E-state index < -0.39 is 0 Å². The van der Waals surface area contributed by atoms with E-state index in [-0.39, 0.29) is 11.9 Å². The fraction of sp³-hybridized carbons (Fsp3) is 0.300. The average molecular weight is 379 g/mol. The number of likely N-dealkylation sites (tertiary alicyclic amines) is 1. The molecule has 0 spiro atoms. The molecule has 0 aliphatic carbocycles. The molecule has 1 atom stereocenters. The number of nitrogens with zero attached hydrogens (tertiary/aromatic N) is 5. The predicted octanol–water partition coefficient (Wildman–Crippen LogP) is 2.99. The van der Waals surface area contributed by atoms with Gasteiger partial charge in [-0.25, -0.2) is 4.98 Å². The minimum absolute atomic E-state index is 0.0552. The van der Waals surface area contributed by atoms with Crippen LogP contribution in [0.2, 0.25) is 0 Å². The number of hydrogen-bond donors (Lipinski definition) is 0. The molecule has 0 bridgehead atoms. The van der Waals surface area contributed by atoms with E-state index >= 15 is 0 Å². The fourth-order valence-electron chi connectivity index (χ4n) is 3.44. The number of aryl methyl sites for hydroxylation is 1. The van der Waals surface area contributed by atoms with E-state index in [4.69, 9.17) is 9.47 Å². The molecule has 144 valence electrons. The van der Waals surface area contributed by atoms with E-state index in [1.807, 2.05) is 23.1 Å². The second-order valence-electron chi connectivity index (χ2n) is 6.53. The van der Waals surface area contributed by atoms with Crippen molar-refractivity contribution in [3.8, 4) is 17.4 Å². The average Bonchev–Trinajstić information content (AvgIpc) is 3.37. The van der Waals surface area contributed by atoms with E-state index in [1.165, 1.54) is 0 Å². The predicted molar refractivity (Wildman–Crippen MR) is 101 cm³/mol. The molecule has 4 rings (SSSR count). The zero-order valence-electron chi connectivity index (χ0n) is 15.8. The number of aromatic nitrogens is 4. The topological polar surface area (TPSA) is 82.4 Å². The number of para-hydroxylation sites is 2. The van der Waals surface area contributed by atoms with Crippen molar-refractivity contribution in [2.45, 2.75) is 18.9 Å². The van der Waals surface area contributed by atoms with E-state index in [9.17, 15) is 4.79 Å². The molecule has 8 nitrogen and oxygen atoms in total. The zero-order chi connectivity index (χ0) is 19.5. The molecule has 3 aromatic rings. The molecular formula is C20H21N5O3. The lowest BCUT2D eigenvalue weighted by Gasteiger charge is -2.24. The Morgan fingerprint density at radius 3 is 2.75 bits per heavy atom. The molecule has 1 saturated heterocycles. The monoisotopic (exact) mass is 379 g/mol. The van der Waals surface area contributed by atoms with Crippen LogP contribution < -0.4 is 9.47 Å². The van der Waals surface area contributed by atoms with Crippen LogP contribution in [0.15, 0.2) is 48.9 Å². The number of ether oxygens (including phenoxy) is 2. The van der Waals surface area contributed by atoms with Crippen molar-refractivity contribution in [3.05, 3.63) is 60.3 Å². The highest BCUT2D eigenvalue weighted by Crippen LogP contribution is 2.34. The Hall–Kier alpha value is -3.42. The number of benzene rings is 1. The van der Waals surface area contributed by atoms with E-state index in [0.717, 1.165) is 12.8 Å². The maximum absolute atomic E-state index is 12.9. The molecule has 3 heterocycles. The summed E-state index contributed by atoms with van der Waals surface area (Å²) in [4.78, 5) is 23.6. The molecule has 1 aliphatic rings. The molecule has 2 aromatic heterocycles. The van der Waals surface area contributed by atoms with Gasteiger partial charge < -0.3 is 14.4 Å². The normalized spacial score (nSPS) is 16.2. The van der Waals surface area contributed by atoms with Crippen molar-refractivity contribution in [2.24, 2.45) is 7.05 Å². The highest BCUT2D eigenvalue weighted by Gasteiger charge is 2.33. The van der Waals surface area contributed by atoms with Crippen LogP contribution in [-0.4, -0.2) is 44.2 Å². The van der Waals surface area contributed by atoms with Crippen molar-refractivity contribution < 1.29 is 14.3 Å². The maximum Gasteiger partial charge on any atom is 0.272 e. The summed E-state index contributed by atoms with van der Waals surface area (Å²) in [5, 5.41) is 4.09.